The molecule has 25 heavy (non-hydrogen) atoms. The minimum absolute atomic E-state index is 0.0412. The first-order valence-corrected chi connectivity index (χ1v) is 8.49. The lowest BCUT2D eigenvalue weighted by atomic mass is 10.00. The third-order valence-corrected chi connectivity index (χ3v) is 4.40. The van der Waals surface area contributed by atoms with Gasteiger partial charge in [0, 0.05) is 12.4 Å². The SMILES string of the molecule is c1ccc(COC(Cn2ccnc2)c2cccc3ccccc23)cc1. The van der Waals surface area contributed by atoms with E-state index in [1.54, 1.807) is 6.20 Å². The molecule has 3 heteroatoms. The van der Waals surface area contributed by atoms with Crippen LogP contribution in [0.15, 0.2) is 91.5 Å². The molecule has 0 saturated carbocycles. The maximum absolute atomic E-state index is 6.35. The van der Waals surface area contributed by atoms with Gasteiger partial charge in [-0.3, -0.25) is 0 Å². The molecule has 0 aliphatic rings. The van der Waals surface area contributed by atoms with Gasteiger partial charge in [0.05, 0.1) is 19.5 Å². The number of hydrogen-bond donors (Lipinski definition) is 0. The predicted molar refractivity (Wildman–Crippen MR) is 100 cm³/mol. The minimum Gasteiger partial charge on any atom is -0.367 e. The van der Waals surface area contributed by atoms with Crippen molar-refractivity contribution in [3.05, 3.63) is 103 Å². The first kappa shape index (κ1) is 15.6. The molecule has 0 aliphatic carbocycles. The predicted octanol–water partition coefficient (Wildman–Crippen LogP) is 4.99. The fourth-order valence-corrected chi connectivity index (χ4v) is 3.13. The Balaban J connectivity index is 1.66. The molecule has 124 valence electrons. The molecule has 4 aromatic rings. The van der Waals surface area contributed by atoms with Crippen LogP contribution >= 0.6 is 0 Å². The normalized spacial score (nSPS) is 12.3. The summed E-state index contributed by atoms with van der Waals surface area (Å²) in [6, 6.07) is 25.2. The summed E-state index contributed by atoms with van der Waals surface area (Å²) < 4.78 is 8.41. The van der Waals surface area contributed by atoms with Gasteiger partial charge in [0.15, 0.2) is 0 Å². The Bertz CT molecular complexity index is 927. The molecule has 1 unspecified atom stereocenters. The van der Waals surface area contributed by atoms with E-state index in [4.69, 9.17) is 4.74 Å². The molecule has 0 radical (unpaired) electrons. The minimum atomic E-state index is -0.0412. The quantitative estimate of drug-likeness (QED) is 0.498. The summed E-state index contributed by atoms with van der Waals surface area (Å²) in [5.74, 6) is 0. The van der Waals surface area contributed by atoms with Gasteiger partial charge in [0.25, 0.3) is 0 Å². The number of ether oxygens (including phenoxy) is 1. The largest absolute Gasteiger partial charge is 0.367 e. The summed E-state index contributed by atoms with van der Waals surface area (Å²) in [4.78, 5) is 4.16. The molecule has 0 aliphatic heterocycles. The molecular weight excluding hydrogens is 308 g/mol. The van der Waals surface area contributed by atoms with E-state index >= 15 is 0 Å². The zero-order chi connectivity index (χ0) is 16.9. The van der Waals surface area contributed by atoms with E-state index in [-0.39, 0.29) is 6.10 Å². The third kappa shape index (κ3) is 3.62. The molecule has 0 spiro atoms. The summed E-state index contributed by atoms with van der Waals surface area (Å²) >= 11 is 0. The van der Waals surface area contributed by atoms with Crippen molar-refractivity contribution in [3.8, 4) is 0 Å². The molecule has 0 bridgehead atoms. The summed E-state index contributed by atoms with van der Waals surface area (Å²) in [7, 11) is 0. The maximum atomic E-state index is 6.35. The summed E-state index contributed by atoms with van der Waals surface area (Å²) in [6.45, 7) is 1.32. The van der Waals surface area contributed by atoms with Gasteiger partial charge in [-0.25, -0.2) is 4.98 Å². The molecule has 1 aromatic heterocycles. The molecule has 4 rings (SSSR count). The first-order chi connectivity index (χ1) is 12.4. The third-order valence-electron chi connectivity index (χ3n) is 4.40. The fourth-order valence-electron chi connectivity index (χ4n) is 3.13. The highest BCUT2D eigenvalue weighted by atomic mass is 16.5. The molecule has 0 amide bonds. The van der Waals surface area contributed by atoms with Crippen LogP contribution in [-0.4, -0.2) is 9.55 Å². The fraction of sp³-hybridized carbons (Fsp3) is 0.136. The highest BCUT2D eigenvalue weighted by Gasteiger charge is 2.16. The van der Waals surface area contributed by atoms with Crippen LogP contribution in [0.4, 0.5) is 0 Å². The van der Waals surface area contributed by atoms with Gasteiger partial charge >= 0.3 is 0 Å². The average Bonchev–Trinajstić information content (AvgIpc) is 3.19. The van der Waals surface area contributed by atoms with E-state index in [9.17, 15) is 0 Å². The number of hydrogen-bond acceptors (Lipinski definition) is 2. The topological polar surface area (TPSA) is 27.1 Å². The van der Waals surface area contributed by atoms with Gasteiger partial charge in [-0.1, -0.05) is 72.8 Å². The number of nitrogens with zero attached hydrogens (tertiary/aromatic N) is 2. The van der Waals surface area contributed by atoms with Crippen LogP contribution in [0.5, 0.6) is 0 Å². The van der Waals surface area contributed by atoms with Gasteiger partial charge in [-0.15, -0.1) is 0 Å². The molecule has 3 aromatic carbocycles. The number of rotatable bonds is 6. The van der Waals surface area contributed by atoms with Crippen molar-refractivity contribution in [2.45, 2.75) is 19.3 Å². The number of benzene rings is 3. The second kappa shape index (κ2) is 7.32. The smallest absolute Gasteiger partial charge is 0.101 e. The molecule has 1 atom stereocenters. The maximum Gasteiger partial charge on any atom is 0.101 e. The van der Waals surface area contributed by atoms with E-state index in [1.165, 1.54) is 21.9 Å². The monoisotopic (exact) mass is 328 g/mol. The van der Waals surface area contributed by atoms with E-state index in [2.05, 4.69) is 64.1 Å². The van der Waals surface area contributed by atoms with Crippen molar-refractivity contribution in [1.82, 2.24) is 9.55 Å². The van der Waals surface area contributed by atoms with Gasteiger partial charge < -0.3 is 9.30 Å². The average molecular weight is 328 g/mol. The number of aromatic nitrogens is 2. The zero-order valence-electron chi connectivity index (χ0n) is 14.0. The van der Waals surface area contributed by atoms with E-state index in [0.717, 1.165) is 6.54 Å². The Kier molecular flexibility index (Phi) is 4.57. The Morgan fingerprint density at radius 2 is 1.68 bits per heavy atom. The summed E-state index contributed by atoms with van der Waals surface area (Å²) in [5, 5.41) is 2.47. The highest BCUT2D eigenvalue weighted by Crippen LogP contribution is 2.28. The van der Waals surface area contributed by atoms with Crippen molar-refractivity contribution in [2.24, 2.45) is 0 Å². The lowest BCUT2D eigenvalue weighted by molar-refractivity contribution is 0.0289. The standard InChI is InChI=1S/C22H20N2O/c1-2-7-18(8-3-1)16-25-22(15-24-14-13-23-17-24)21-12-6-10-19-9-4-5-11-20(19)21/h1-14,17,22H,15-16H2. The van der Waals surface area contributed by atoms with E-state index < -0.39 is 0 Å². The van der Waals surface area contributed by atoms with Crippen LogP contribution in [0.2, 0.25) is 0 Å². The molecule has 0 N–H and O–H groups in total. The van der Waals surface area contributed by atoms with E-state index in [1.807, 2.05) is 30.7 Å². The Hall–Kier alpha value is -2.91. The van der Waals surface area contributed by atoms with Crippen LogP contribution in [0, 0.1) is 0 Å². The van der Waals surface area contributed by atoms with Gasteiger partial charge in [0.1, 0.15) is 6.10 Å². The van der Waals surface area contributed by atoms with Crippen LogP contribution < -0.4 is 0 Å². The zero-order valence-corrected chi connectivity index (χ0v) is 14.0. The van der Waals surface area contributed by atoms with Crippen LogP contribution in [0.3, 0.4) is 0 Å². The van der Waals surface area contributed by atoms with Crippen molar-refractivity contribution in [2.75, 3.05) is 0 Å². The first-order valence-electron chi connectivity index (χ1n) is 8.49. The summed E-state index contributed by atoms with van der Waals surface area (Å²) in [6.07, 6.45) is 5.58. The molecule has 0 saturated heterocycles. The Labute approximate surface area is 147 Å². The summed E-state index contributed by atoms with van der Waals surface area (Å²) in [5.41, 5.74) is 2.39. The molecule has 0 fully saturated rings. The van der Waals surface area contributed by atoms with Crippen molar-refractivity contribution >= 4 is 10.8 Å². The van der Waals surface area contributed by atoms with Gasteiger partial charge in [0.2, 0.25) is 0 Å². The number of imidazole rings is 1. The van der Waals surface area contributed by atoms with Gasteiger partial charge in [-0.2, -0.15) is 0 Å². The van der Waals surface area contributed by atoms with Crippen LogP contribution in [0.1, 0.15) is 17.2 Å². The van der Waals surface area contributed by atoms with Gasteiger partial charge in [-0.05, 0) is 21.9 Å². The Morgan fingerprint density at radius 3 is 2.52 bits per heavy atom. The van der Waals surface area contributed by atoms with E-state index in [0.29, 0.717) is 6.61 Å². The lowest BCUT2D eigenvalue weighted by Gasteiger charge is -2.21. The number of fused-ring (bicyclic) bond motifs is 1. The van der Waals surface area contributed by atoms with Crippen molar-refractivity contribution in [1.29, 1.82) is 0 Å². The second-order valence-corrected chi connectivity index (χ2v) is 6.11. The molecular formula is C22H20N2O. The van der Waals surface area contributed by atoms with Crippen molar-refractivity contribution < 1.29 is 4.74 Å². The van der Waals surface area contributed by atoms with Crippen LogP contribution in [-0.2, 0) is 17.9 Å². The second-order valence-electron chi connectivity index (χ2n) is 6.11. The van der Waals surface area contributed by atoms with Crippen LogP contribution in [0.25, 0.3) is 10.8 Å². The Morgan fingerprint density at radius 1 is 0.880 bits per heavy atom. The molecule has 1 heterocycles. The lowest BCUT2D eigenvalue weighted by Crippen LogP contribution is -2.12. The highest BCUT2D eigenvalue weighted by molar-refractivity contribution is 5.85. The molecule has 3 nitrogen and oxygen atoms in total. The van der Waals surface area contributed by atoms with Crippen molar-refractivity contribution in [3.63, 3.8) is 0 Å².